The number of nitrogens with one attached hydrogen (secondary N) is 2. The Hall–Kier alpha value is -3.02. The Morgan fingerprint density at radius 1 is 0.833 bits per heavy atom. The first-order chi connectivity index (χ1) is 17.4. The fraction of sp³-hybridized carbons (Fsp3) is 0.533. The molecule has 6 nitrogen and oxygen atoms in total. The van der Waals surface area contributed by atoms with Gasteiger partial charge in [-0.15, -0.1) is 0 Å². The van der Waals surface area contributed by atoms with Gasteiger partial charge in [0.2, 0.25) is 0 Å². The van der Waals surface area contributed by atoms with E-state index in [0.29, 0.717) is 41.6 Å². The largest absolute Gasteiger partial charge is 0.495 e. The first-order valence-corrected chi connectivity index (χ1v) is 13.4. The van der Waals surface area contributed by atoms with E-state index in [1.165, 1.54) is 52.1 Å². The van der Waals surface area contributed by atoms with Crippen LogP contribution < -0.4 is 20.1 Å². The second kappa shape index (κ2) is 16.6. The molecule has 0 aromatic heterocycles. The molecule has 2 amide bonds. The summed E-state index contributed by atoms with van der Waals surface area (Å²) < 4.78 is 11.2. The zero-order valence-corrected chi connectivity index (χ0v) is 22.5. The maximum atomic E-state index is 12.8. The summed E-state index contributed by atoms with van der Waals surface area (Å²) in [4.78, 5) is 25.3. The highest BCUT2D eigenvalue weighted by molar-refractivity contribution is 6.06. The van der Waals surface area contributed by atoms with E-state index in [1.54, 1.807) is 30.3 Å². The molecule has 0 atom stereocenters. The van der Waals surface area contributed by atoms with Crippen LogP contribution in [0, 0.1) is 5.92 Å². The maximum Gasteiger partial charge on any atom is 0.255 e. The minimum absolute atomic E-state index is 0.174. The molecular weight excluding hydrogens is 452 g/mol. The molecule has 0 spiro atoms. The molecule has 0 aliphatic heterocycles. The van der Waals surface area contributed by atoms with Gasteiger partial charge in [-0.2, -0.15) is 0 Å². The van der Waals surface area contributed by atoms with Crippen molar-refractivity contribution in [2.24, 2.45) is 5.92 Å². The van der Waals surface area contributed by atoms with Gasteiger partial charge in [0, 0.05) is 17.7 Å². The van der Waals surface area contributed by atoms with Crippen LogP contribution in [-0.2, 0) is 0 Å². The molecule has 0 aliphatic rings. The maximum absolute atomic E-state index is 12.8. The number of rotatable bonds is 17. The van der Waals surface area contributed by atoms with E-state index < -0.39 is 0 Å². The molecule has 0 bridgehead atoms. The van der Waals surface area contributed by atoms with Crippen LogP contribution in [0.4, 0.5) is 5.69 Å². The summed E-state index contributed by atoms with van der Waals surface area (Å²) in [7, 11) is 1.53. The molecule has 0 heterocycles. The van der Waals surface area contributed by atoms with Crippen LogP contribution in [0.5, 0.6) is 11.5 Å². The Kier molecular flexibility index (Phi) is 13.5. The number of methoxy groups -OCH3 is 1. The zero-order chi connectivity index (χ0) is 26.2. The number of hydrogen-bond donors (Lipinski definition) is 2. The average molecular weight is 497 g/mol. The third kappa shape index (κ3) is 10.7. The molecule has 0 saturated carbocycles. The van der Waals surface area contributed by atoms with Gasteiger partial charge in [-0.05, 0) is 61.2 Å². The molecule has 2 rings (SSSR count). The van der Waals surface area contributed by atoms with Crippen molar-refractivity contribution in [2.45, 2.75) is 78.6 Å². The smallest absolute Gasteiger partial charge is 0.255 e. The van der Waals surface area contributed by atoms with Gasteiger partial charge in [0.25, 0.3) is 11.8 Å². The minimum Gasteiger partial charge on any atom is -0.495 e. The molecule has 0 fully saturated rings. The van der Waals surface area contributed by atoms with Crippen molar-refractivity contribution in [3.05, 3.63) is 53.6 Å². The number of benzene rings is 2. The number of carbonyl (C=O) groups excluding carboxylic acids is 2. The van der Waals surface area contributed by atoms with Crippen LogP contribution >= 0.6 is 0 Å². The topological polar surface area (TPSA) is 76.7 Å². The molecule has 36 heavy (non-hydrogen) atoms. The standard InChI is InChI=1S/C30H44N2O4/c1-5-6-7-8-9-10-11-12-21-36-26-16-13-24(14-17-26)30(34)32-27-22-25(15-18-28(27)35-4)29(33)31-20-19-23(2)3/h13-18,22-23H,5-12,19-21H2,1-4H3,(H,31,33)(H,32,34). The van der Waals surface area contributed by atoms with Gasteiger partial charge >= 0.3 is 0 Å². The molecule has 2 aromatic rings. The van der Waals surface area contributed by atoms with E-state index in [4.69, 9.17) is 9.47 Å². The molecule has 6 heteroatoms. The summed E-state index contributed by atoms with van der Waals surface area (Å²) in [5, 5.41) is 5.78. The van der Waals surface area contributed by atoms with Crippen molar-refractivity contribution >= 4 is 17.5 Å². The lowest BCUT2D eigenvalue weighted by molar-refractivity contribution is 0.0950. The highest BCUT2D eigenvalue weighted by Crippen LogP contribution is 2.26. The van der Waals surface area contributed by atoms with E-state index in [1.807, 2.05) is 12.1 Å². The number of carbonyl (C=O) groups is 2. The predicted molar refractivity (Wildman–Crippen MR) is 147 cm³/mol. The highest BCUT2D eigenvalue weighted by Gasteiger charge is 2.14. The van der Waals surface area contributed by atoms with Crippen LogP contribution in [0.2, 0.25) is 0 Å². The molecule has 0 aliphatic carbocycles. The summed E-state index contributed by atoms with van der Waals surface area (Å²) in [6.07, 6.45) is 11.0. The number of amides is 2. The lowest BCUT2D eigenvalue weighted by Crippen LogP contribution is -2.25. The van der Waals surface area contributed by atoms with Crippen LogP contribution in [0.3, 0.4) is 0 Å². The van der Waals surface area contributed by atoms with Gasteiger partial charge < -0.3 is 20.1 Å². The minimum atomic E-state index is -0.278. The zero-order valence-electron chi connectivity index (χ0n) is 22.5. The molecule has 2 N–H and O–H groups in total. The first kappa shape index (κ1) is 29.2. The van der Waals surface area contributed by atoms with Crippen molar-refractivity contribution < 1.29 is 19.1 Å². The summed E-state index contributed by atoms with van der Waals surface area (Å²) in [5.74, 6) is 1.31. The van der Waals surface area contributed by atoms with Gasteiger partial charge in [-0.3, -0.25) is 9.59 Å². The Morgan fingerprint density at radius 2 is 1.47 bits per heavy atom. The summed E-state index contributed by atoms with van der Waals surface area (Å²) >= 11 is 0. The van der Waals surface area contributed by atoms with E-state index in [0.717, 1.165) is 18.6 Å². The quantitative estimate of drug-likeness (QED) is 0.226. The Bertz CT molecular complexity index is 925. The predicted octanol–water partition coefficient (Wildman–Crippen LogP) is 7.24. The van der Waals surface area contributed by atoms with E-state index >= 15 is 0 Å². The fourth-order valence-corrected chi connectivity index (χ4v) is 3.85. The number of ether oxygens (including phenoxy) is 2. The normalized spacial score (nSPS) is 10.8. The van der Waals surface area contributed by atoms with Gasteiger partial charge in [-0.25, -0.2) is 0 Å². The second-order valence-corrected chi connectivity index (χ2v) is 9.66. The fourth-order valence-electron chi connectivity index (χ4n) is 3.85. The summed E-state index contributed by atoms with van der Waals surface area (Å²) in [5.41, 5.74) is 1.43. The number of unbranched alkanes of at least 4 members (excludes halogenated alkanes) is 7. The Morgan fingerprint density at radius 3 is 2.11 bits per heavy atom. The molecule has 0 unspecified atom stereocenters. The number of anilines is 1. The summed E-state index contributed by atoms with van der Waals surface area (Å²) in [6, 6.07) is 12.1. The average Bonchev–Trinajstić information content (AvgIpc) is 2.87. The van der Waals surface area contributed by atoms with Crippen molar-refractivity contribution in [2.75, 3.05) is 25.6 Å². The third-order valence-corrected chi connectivity index (χ3v) is 6.10. The van der Waals surface area contributed by atoms with Crippen molar-refractivity contribution in [1.29, 1.82) is 0 Å². The SMILES string of the molecule is CCCCCCCCCCOc1ccc(C(=O)Nc2cc(C(=O)NCCC(C)C)ccc2OC)cc1. The van der Waals surface area contributed by atoms with Gasteiger partial charge in [0.15, 0.2) is 0 Å². The van der Waals surface area contributed by atoms with Gasteiger partial charge in [0.05, 0.1) is 19.4 Å². The van der Waals surface area contributed by atoms with Crippen LogP contribution in [-0.4, -0.2) is 32.1 Å². The Labute approximate surface area is 217 Å². The highest BCUT2D eigenvalue weighted by atomic mass is 16.5. The van der Waals surface area contributed by atoms with Crippen LogP contribution in [0.25, 0.3) is 0 Å². The number of hydrogen-bond acceptors (Lipinski definition) is 4. The van der Waals surface area contributed by atoms with Gasteiger partial charge in [-0.1, -0.05) is 65.7 Å². The van der Waals surface area contributed by atoms with Gasteiger partial charge in [0.1, 0.15) is 11.5 Å². The van der Waals surface area contributed by atoms with Crippen molar-refractivity contribution in [3.63, 3.8) is 0 Å². The Balaban J connectivity index is 1.84. The lowest BCUT2D eigenvalue weighted by atomic mass is 10.1. The molecule has 0 radical (unpaired) electrons. The lowest BCUT2D eigenvalue weighted by Gasteiger charge is -2.13. The second-order valence-electron chi connectivity index (χ2n) is 9.66. The monoisotopic (exact) mass is 496 g/mol. The van der Waals surface area contributed by atoms with Crippen LogP contribution in [0.1, 0.15) is 99.3 Å². The summed E-state index contributed by atoms with van der Waals surface area (Å²) in [6.45, 7) is 7.76. The van der Waals surface area contributed by atoms with E-state index in [2.05, 4.69) is 31.4 Å². The van der Waals surface area contributed by atoms with E-state index in [9.17, 15) is 9.59 Å². The van der Waals surface area contributed by atoms with Crippen molar-refractivity contribution in [3.8, 4) is 11.5 Å². The molecule has 198 valence electrons. The first-order valence-electron chi connectivity index (χ1n) is 13.4. The van der Waals surface area contributed by atoms with Crippen molar-refractivity contribution in [1.82, 2.24) is 5.32 Å². The van der Waals surface area contributed by atoms with Crippen LogP contribution in [0.15, 0.2) is 42.5 Å². The molecule has 2 aromatic carbocycles. The van der Waals surface area contributed by atoms with E-state index in [-0.39, 0.29) is 11.8 Å². The third-order valence-electron chi connectivity index (χ3n) is 6.10. The molecule has 0 saturated heterocycles. The molecular formula is C30H44N2O4.